The van der Waals surface area contributed by atoms with Crippen molar-refractivity contribution in [1.29, 1.82) is 0 Å². The van der Waals surface area contributed by atoms with Gasteiger partial charge in [0, 0.05) is 19.1 Å². The van der Waals surface area contributed by atoms with Crippen molar-refractivity contribution < 1.29 is 9.66 Å². The van der Waals surface area contributed by atoms with Crippen LogP contribution in [0, 0.1) is 10.1 Å². The SMILES string of the molecule is O=[N+]([O-])c1cnc(NCC2CN3CCCC3CO2)s1. The highest BCUT2D eigenvalue weighted by Gasteiger charge is 2.32. The second kappa shape index (κ2) is 5.40. The van der Waals surface area contributed by atoms with Crippen LogP contribution in [0.1, 0.15) is 12.8 Å². The minimum absolute atomic E-state index is 0.0617. The van der Waals surface area contributed by atoms with Crippen LogP contribution in [0.25, 0.3) is 0 Å². The lowest BCUT2D eigenvalue weighted by Crippen LogP contribution is -2.48. The second-order valence-corrected chi connectivity index (χ2v) is 5.90. The van der Waals surface area contributed by atoms with E-state index < -0.39 is 4.92 Å². The summed E-state index contributed by atoms with van der Waals surface area (Å²) in [4.78, 5) is 16.6. The lowest BCUT2D eigenvalue weighted by atomic mass is 10.2. The molecule has 1 aromatic rings. The number of nitrogens with zero attached hydrogens (tertiary/aromatic N) is 3. The van der Waals surface area contributed by atoms with Crippen LogP contribution in [0.4, 0.5) is 10.1 Å². The monoisotopic (exact) mass is 284 g/mol. The van der Waals surface area contributed by atoms with Crippen molar-refractivity contribution in [3.05, 3.63) is 16.3 Å². The van der Waals surface area contributed by atoms with Crippen LogP contribution in [0.3, 0.4) is 0 Å². The Morgan fingerprint density at radius 1 is 1.68 bits per heavy atom. The normalized spacial score (nSPS) is 27.2. The molecular formula is C11H16N4O3S. The predicted octanol–water partition coefficient (Wildman–Crippen LogP) is 1.33. The van der Waals surface area contributed by atoms with Crippen molar-refractivity contribution in [1.82, 2.24) is 9.88 Å². The van der Waals surface area contributed by atoms with Crippen molar-refractivity contribution in [2.45, 2.75) is 25.0 Å². The third-order valence-electron chi connectivity index (χ3n) is 3.62. The molecule has 3 rings (SSSR count). The zero-order chi connectivity index (χ0) is 13.2. The number of ether oxygens (including phenoxy) is 1. The van der Waals surface area contributed by atoms with Crippen molar-refractivity contribution in [3.63, 3.8) is 0 Å². The van der Waals surface area contributed by atoms with E-state index in [9.17, 15) is 10.1 Å². The number of hydrogen-bond donors (Lipinski definition) is 1. The summed E-state index contributed by atoms with van der Waals surface area (Å²) in [6, 6.07) is 0.595. The number of rotatable bonds is 4. The molecule has 2 aliphatic heterocycles. The highest BCUT2D eigenvalue weighted by Crippen LogP contribution is 2.26. The maximum absolute atomic E-state index is 10.6. The molecule has 1 N–H and O–H groups in total. The molecule has 0 saturated carbocycles. The van der Waals surface area contributed by atoms with E-state index in [-0.39, 0.29) is 11.1 Å². The van der Waals surface area contributed by atoms with Crippen LogP contribution in [-0.2, 0) is 4.74 Å². The maximum Gasteiger partial charge on any atom is 0.345 e. The number of aromatic nitrogens is 1. The van der Waals surface area contributed by atoms with E-state index in [1.807, 2.05) is 0 Å². The number of hydrogen-bond acceptors (Lipinski definition) is 7. The molecule has 1 aromatic heterocycles. The fourth-order valence-corrected chi connectivity index (χ4v) is 3.28. The fourth-order valence-electron chi connectivity index (χ4n) is 2.64. The first-order chi connectivity index (χ1) is 9.22. The third kappa shape index (κ3) is 2.85. The molecular weight excluding hydrogens is 268 g/mol. The Kier molecular flexibility index (Phi) is 3.63. The molecule has 0 spiro atoms. The van der Waals surface area contributed by atoms with E-state index in [1.54, 1.807) is 0 Å². The van der Waals surface area contributed by atoms with Crippen molar-refractivity contribution in [2.75, 3.05) is 31.6 Å². The van der Waals surface area contributed by atoms with E-state index >= 15 is 0 Å². The second-order valence-electron chi connectivity index (χ2n) is 4.89. The van der Waals surface area contributed by atoms with E-state index in [1.165, 1.54) is 19.0 Å². The van der Waals surface area contributed by atoms with Gasteiger partial charge in [0.1, 0.15) is 6.20 Å². The largest absolute Gasteiger partial charge is 0.373 e. The Hall–Kier alpha value is -1.25. The quantitative estimate of drug-likeness (QED) is 0.663. The van der Waals surface area contributed by atoms with Gasteiger partial charge in [0.25, 0.3) is 0 Å². The zero-order valence-corrected chi connectivity index (χ0v) is 11.3. The van der Waals surface area contributed by atoms with Crippen LogP contribution in [0.5, 0.6) is 0 Å². The number of fused-ring (bicyclic) bond motifs is 1. The summed E-state index contributed by atoms with van der Waals surface area (Å²) < 4.78 is 5.81. The Morgan fingerprint density at radius 2 is 2.58 bits per heavy atom. The van der Waals surface area contributed by atoms with Gasteiger partial charge in [-0.1, -0.05) is 0 Å². The van der Waals surface area contributed by atoms with Crippen LogP contribution >= 0.6 is 11.3 Å². The molecule has 19 heavy (non-hydrogen) atoms. The van der Waals surface area contributed by atoms with Gasteiger partial charge >= 0.3 is 5.00 Å². The Labute approximate surface area is 114 Å². The van der Waals surface area contributed by atoms with Crippen LogP contribution in [0.2, 0.25) is 0 Å². The Bertz CT molecular complexity index is 467. The highest BCUT2D eigenvalue weighted by molar-refractivity contribution is 7.18. The molecule has 0 aromatic carbocycles. The summed E-state index contributed by atoms with van der Waals surface area (Å²) in [6.07, 6.45) is 3.91. The smallest absolute Gasteiger partial charge is 0.345 e. The van der Waals surface area contributed by atoms with Gasteiger partial charge in [-0.25, -0.2) is 4.98 Å². The van der Waals surface area contributed by atoms with Crippen LogP contribution < -0.4 is 5.32 Å². The first kappa shape index (κ1) is 12.8. The lowest BCUT2D eigenvalue weighted by molar-refractivity contribution is -0.380. The van der Waals surface area contributed by atoms with Gasteiger partial charge < -0.3 is 10.1 Å². The molecule has 0 amide bonds. The summed E-state index contributed by atoms with van der Waals surface area (Å²) >= 11 is 1.06. The Balaban J connectivity index is 1.50. The molecule has 0 radical (unpaired) electrons. The van der Waals surface area contributed by atoms with Crippen LogP contribution in [0.15, 0.2) is 6.20 Å². The summed E-state index contributed by atoms with van der Waals surface area (Å²) in [5.74, 6) is 0. The third-order valence-corrected chi connectivity index (χ3v) is 4.52. The standard InChI is InChI=1S/C11H16N4O3S/c16-15(17)10-5-13-11(19-10)12-4-9-6-14-3-1-2-8(14)7-18-9/h5,8-9H,1-4,6-7H2,(H,12,13). The molecule has 2 saturated heterocycles. The highest BCUT2D eigenvalue weighted by atomic mass is 32.1. The van der Waals surface area contributed by atoms with E-state index in [0.29, 0.717) is 17.7 Å². The van der Waals surface area contributed by atoms with Gasteiger partial charge in [0.05, 0.1) is 17.6 Å². The fraction of sp³-hybridized carbons (Fsp3) is 0.727. The van der Waals surface area contributed by atoms with Crippen molar-refractivity contribution in [2.24, 2.45) is 0 Å². The van der Waals surface area contributed by atoms with Gasteiger partial charge in [-0.3, -0.25) is 15.0 Å². The minimum atomic E-state index is -0.422. The first-order valence-electron chi connectivity index (χ1n) is 6.42. The maximum atomic E-state index is 10.6. The number of nitro groups is 1. The van der Waals surface area contributed by atoms with Crippen molar-refractivity contribution >= 4 is 21.5 Å². The van der Waals surface area contributed by atoms with E-state index in [0.717, 1.165) is 31.0 Å². The molecule has 0 bridgehead atoms. The number of anilines is 1. The molecule has 7 nitrogen and oxygen atoms in total. The van der Waals surface area contributed by atoms with Crippen molar-refractivity contribution in [3.8, 4) is 0 Å². The summed E-state index contributed by atoms with van der Waals surface area (Å²) in [5, 5.41) is 14.3. The molecule has 104 valence electrons. The number of morpholine rings is 1. The molecule has 2 fully saturated rings. The molecule has 2 unspecified atom stereocenters. The van der Waals surface area contributed by atoms with E-state index in [4.69, 9.17) is 4.74 Å². The molecule has 2 atom stereocenters. The molecule has 0 aliphatic carbocycles. The van der Waals surface area contributed by atoms with Gasteiger partial charge in [-0.05, 0) is 30.7 Å². The lowest BCUT2D eigenvalue weighted by Gasteiger charge is -2.35. The zero-order valence-electron chi connectivity index (χ0n) is 10.4. The Morgan fingerprint density at radius 3 is 3.37 bits per heavy atom. The minimum Gasteiger partial charge on any atom is -0.373 e. The molecule has 8 heteroatoms. The summed E-state index contributed by atoms with van der Waals surface area (Å²) in [7, 11) is 0. The first-order valence-corrected chi connectivity index (χ1v) is 7.24. The summed E-state index contributed by atoms with van der Waals surface area (Å²) in [5.41, 5.74) is 0. The average Bonchev–Trinajstić information content (AvgIpc) is 3.04. The van der Waals surface area contributed by atoms with Crippen LogP contribution in [-0.4, -0.2) is 53.2 Å². The van der Waals surface area contributed by atoms with Gasteiger partial charge in [0.2, 0.25) is 0 Å². The number of nitrogens with one attached hydrogen (secondary N) is 1. The molecule has 3 heterocycles. The van der Waals surface area contributed by atoms with Gasteiger partial charge in [-0.2, -0.15) is 0 Å². The average molecular weight is 284 g/mol. The van der Waals surface area contributed by atoms with E-state index in [2.05, 4.69) is 15.2 Å². The van der Waals surface area contributed by atoms with Gasteiger partial charge in [0.15, 0.2) is 5.13 Å². The predicted molar refractivity (Wildman–Crippen MR) is 71.6 cm³/mol. The number of thiazole rings is 1. The van der Waals surface area contributed by atoms with Gasteiger partial charge in [-0.15, -0.1) is 0 Å². The summed E-state index contributed by atoms with van der Waals surface area (Å²) in [6.45, 7) is 3.54. The topological polar surface area (TPSA) is 80.5 Å². The molecule has 2 aliphatic rings.